The molecule has 5 heteroatoms. The number of hydrogen-bond acceptors (Lipinski definition) is 3. The normalized spacial score (nSPS) is 11.7. The highest BCUT2D eigenvalue weighted by Crippen LogP contribution is 2.30. The highest BCUT2D eigenvalue weighted by molar-refractivity contribution is 7.10. The van der Waals surface area contributed by atoms with Crippen molar-refractivity contribution in [2.24, 2.45) is 0 Å². The molecule has 2 N–H and O–H groups in total. The number of rotatable bonds is 5. The molecule has 0 fully saturated rings. The van der Waals surface area contributed by atoms with Crippen LogP contribution in [0.2, 0.25) is 0 Å². The quantitative estimate of drug-likeness (QED) is 0.803. The largest absolute Gasteiger partial charge is 0.478 e. The average molecular weight is 267 g/mol. The van der Waals surface area contributed by atoms with Gasteiger partial charge in [0, 0.05) is 29.0 Å². The van der Waals surface area contributed by atoms with Crippen LogP contribution in [0.3, 0.4) is 0 Å². The molecule has 1 heterocycles. The van der Waals surface area contributed by atoms with Gasteiger partial charge in [-0.25, -0.2) is 4.79 Å². The Morgan fingerprint density at radius 2 is 2.11 bits per heavy atom. The smallest absolute Gasteiger partial charge is 0.328 e. The molecule has 0 unspecified atom stereocenters. The van der Waals surface area contributed by atoms with Crippen LogP contribution in [0, 0.1) is 6.92 Å². The summed E-state index contributed by atoms with van der Waals surface area (Å²) in [6.45, 7) is 6.61. The van der Waals surface area contributed by atoms with Crippen molar-refractivity contribution in [1.29, 1.82) is 0 Å². The first-order valence-electron chi connectivity index (χ1n) is 5.56. The predicted octanol–water partition coefficient (Wildman–Crippen LogP) is 2.09. The molecule has 18 heavy (non-hydrogen) atoms. The van der Waals surface area contributed by atoms with Crippen LogP contribution < -0.4 is 5.32 Å². The lowest BCUT2D eigenvalue weighted by atomic mass is 9.89. The Kier molecular flexibility index (Phi) is 4.67. The lowest BCUT2D eigenvalue weighted by Gasteiger charge is -2.24. The summed E-state index contributed by atoms with van der Waals surface area (Å²) in [5, 5.41) is 13.1. The molecule has 0 aliphatic heterocycles. The molecule has 0 bridgehead atoms. The molecular weight excluding hydrogens is 250 g/mol. The van der Waals surface area contributed by atoms with E-state index < -0.39 is 5.97 Å². The van der Waals surface area contributed by atoms with Crippen LogP contribution in [0.1, 0.15) is 24.3 Å². The summed E-state index contributed by atoms with van der Waals surface area (Å²) in [7, 11) is 0. The third-order valence-corrected chi connectivity index (χ3v) is 3.94. The summed E-state index contributed by atoms with van der Waals surface area (Å²) < 4.78 is 0. The van der Waals surface area contributed by atoms with E-state index in [-0.39, 0.29) is 11.3 Å². The zero-order valence-corrected chi connectivity index (χ0v) is 11.5. The van der Waals surface area contributed by atoms with Crippen LogP contribution in [0.15, 0.2) is 23.6 Å². The second kappa shape index (κ2) is 5.82. The number of carbonyl (C=O) groups excluding carboxylic acids is 1. The molecule has 0 atom stereocenters. The highest BCUT2D eigenvalue weighted by Gasteiger charge is 2.24. The van der Waals surface area contributed by atoms with Crippen LogP contribution in [-0.2, 0) is 15.0 Å². The Bertz CT molecular complexity index is 474. The van der Waals surface area contributed by atoms with Crippen molar-refractivity contribution in [2.45, 2.75) is 26.2 Å². The maximum Gasteiger partial charge on any atom is 0.328 e. The van der Waals surface area contributed by atoms with Crippen molar-refractivity contribution in [1.82, 2.24) is 5.32 Å². The van der Waals surface area contributed by atoms with Gasteiger partial charge in [-0.15, -0.1) is 11.3 Å². The third kappa shape index (κ3) is 4.00. The monoisotopic (exact) mass is 267 g/mol. The van der Waals surface area contributed by atoms with E-state index in [1.165, 1.54) is 10.4 Å². The standard InChI is InChI=1S/C13H17NO3S/c1-9-6-7-18-12(9)13(2,3)8-14-10(15)4-5-11(16)17/h4-7H,8H2,1-3H3,(H,14,15)(H,16,17)/b5-4+. The number of carboxylic acids is 1. The average Bonchev–Trinajstić information content (AvgIpc) is 2.71. The summed E-state index contributed by atoms with van der Waals surface area (Å²) in [5.74, 6) is -1.52. The number of nitrogens with one attached hydrogen (secondary N) is 1. The van der Waals surface area contributed by atoms with E-state index >= 15 is 0 Å². The first-order chi connectivity index (χ1) is 8.33. The van der Waals surface area contributed by atoms with Gasteiger partial charge in [-0.1, -0.05) is 13.8 Å². The fourth-order valence-electron chi connectivity index (χ4n) is 1.66. The zero-order chi connectivity index (χ0) is 13.8. The molecule has 1 aromatic rings. The maximum atomic E-state index is 11.4. The Morgan fingerprint density at radius 3 is 2.61 bits per heavy atom. The van der Waals surface area contributed by atoms with Crippen molar-refractivity contribution < 1.29 is 14.7 Å². The van der Waals surface area contributed by atoms with E-state index in [0.29, 0.717) is 6.54 Å². The maximum absolute atomic E-state index is 11.4. The lowest BCUT2D eigenvalue weighted by Crippen LogP contribution is -2.35. The Hall–Kier alpha value is -1.62. The molecule has 1 rings (SSSR count). The topological polar surface area (TPSA) is 66.4 Å². The van der Waals surface area contributed by atoms with Gasteiger partial charge in [0.05, 0.1) is 0 Å². The number of thiophene rings is 1. The highest BCUT2D eigenvalue weighted by atomic mass is 32.1. The molecule has 1 aromatic heterocycles. The van der Waals surface area contributed by atoms with Gasteiger partial charge in [-0.05, 0) is 23.9 Å². The number of carboxylic acid groups (broad SMARTS) is 1. The third-order valence-electron chi connectivity index (χ3n) is 2.56. The summed E-state index contributed by atoms with van der Waals surface area (Å²) in [4.78, 5) is 22.9. The molecule has 0 spiro atoms. The molecule has 0 aliphatic carbocycles. The van der Waals surface area contributed by atoms with E-state index in [2.05, 4.69) is 5.32 Å². The van der Waals surface area contributed by atoms with Crippen molar-refractivity contribution in [3.8, 4) is 0 Å². The molecule has 0 saturated carbocycles. The first-order valence-corrected chi connectivity index (χ1v) is 6.44. The molecule has 0 aromatic carbocycles. The van der Waals surface area contributed by atoms with Gasteiger partial charge in [0.15, 0.2) is 0 Å². The number of aliphatic carboxylic acids is 1. The summed E-state index contributed by atoms with van der Waals surface area (Å²) >= 11 is 1.66. The number of hydrogen-bond donors (Lipinski definition) is 2. The Labute approximate surface area is 110 Å². The van der Waals surface area contributed by atoms with Crippen LogP contribution in [0.4, 0.5) is 0 Å². The molecule has 98 valence electrons. The molecule has 0 aliphatic rings. The van der Waals surface area contributed by atoms with Crippen molar-refractivity contribution >= 4 is 23.2 Å². The van der Waals surface area contributed by atoms with Crippen LogP contribution in [0.25, 0.3) is 0 Å². The van der Waals surface area contributed by atoms with Gasteiger partial charge in [0.1, 0.15) is 0 Å². The minimum Gasteiger partial charge on any atom is -0.478 e. The zero-order valence-electron chi connectivity index (χ0n) is 10.7. The Balaban J connectivity index is 2.60. The first kappa shape index (κ1) is 14.4. The van der Waals surface area contributed by atoms with Crippen LogP contribution in [-0.4, -0.2) is 23.5 Å². The summed E-state index contributed by atoms with van der Waals surface area (Å²) in [6, 6.07) is 2.05. The minimum atomic E-state index is -1.13. The van der Waals surface area contributed by atoms with Crippen LogP contribution >= 0.6 is 11.3 Å². The number of carbonyl (C=O) groups is 2. The van der Waals surface area contributed by atoms with Gasteiger partial charge >= 0.3 is 5.97 Å². The van der Waals surface area contributed by atoms with Gasteiger partial charge < -0.3 is 10.4 Å². The van der Waals surface area contributed by atoms with Crippen molar-refractivity contribution in [3.63, 3.8) is 0 Å². The SMILES string of the molecule is Cc1ccsc1C(C)(C)CNC(=O)/C=C/C(=O)O. The lowest BCUT2D eigenvalue weighted by molar-refractivity contribution is -0.131. The fourth-order valence-corrected chi connectivity index (χ4v) is 2.71. The molecular formula is C13H17NO3S. The molecule has 4 nitrogen and oxygen atoms in total. The van der Waals surface area contributed by atoms with E-state index in [4.69, 9.17) is 5.11 Å². The summed E-state index contributed by atoms with van der Waals surface area (Å²) in [5.41, 5.74) is 1.05. The number of aryl methyl sites for hydroxylation is 1. The van der Waals surface area contributed by atoms with Crippen LogP contribution in [0.5, 0.6) is 0 Å². The van der Waals surface area contributed by atoms with E-state index in [1.54, 1.807) is 11.3 Å². The van der Waals surface area contributed by atoms with Gasteiger partial charge in [-0.3, -0.25) is 4.79 Å². The fraction of sp³-hybridized carbons (Fsp3) is 0.385. The second-order valence-corrected chi connectivity index (χ2v) is 5.62. The van der Waals surface area contributed by atoms with E-state index in [0.717, 1.165) is 12.2 Å². The Morgan fingerprint density at radius 1 is 1.44 bits per heavy atom. The number of amides is 1. The van der Waals surface area contributed by atoms with Crippen molar-refractivity contribution in [2.75, 3.05) is 6.54 Å². The molecule has 0 saturated heterocycles. The second-order valence-electron chi connectivity index (χ2n) is 4.71. The van der Waals surface area contributed by atoms with E-state index in [9.17, 15) is 9.59 Å². The van der Waals surface area contributed by atoms with E-state index in [1.807, 2.05) is 32.2 Å². The van der Waals surface area contributed by atoms with Gasteiger partial charge in [-0.2, -0.15) is 0 Å². The predicted molar refractivity (Wildman–Crippen MR) is 71.9 cm³/mol. The molecule has 0 radical (unpaired) electrons. The van der Waals surface area contributed by atoms with Crippen molar-refractivity contribution in [3.05, 3.63) is 34.0 Å². The van der Waals surface area contributed by atoms with Gasteiger partial charge in [0.2, 0.25) is 5.91 Å². The summed E-state index contributed by atoms with van der Waals surface area (Å²) in [6.07, 6.45) is 1.86. The van der Waals surface area contributed by atoms with Gasteiger partial charge in [0.25, 0.3) is 0 Å². The molecule has 1 amide bonds. The minimum absolute atomic E-state index is 0.162.